The summed E-state index contributed by atoms with van der Waals surface area (Å²) in [6.45, 7) is 3.16. The van der Waals surface area contributed by atoms with E-state index in [0.29, 0.717) is 11.5 Å². The molecule has 0 amide bonds. The molecule has 1 aliphatic heterocycles. The van der Waals surface area contributed by atoms with E-state index >= 15 is 0 Å². The highest BCUT2D eigenvalue weighted by Gasteiger charge is 2.29. The van der Waals surface area contributed by atoms with Gasteiger partial charge in [0.25, 0.3) is 0 Å². The first-order chi connectivity index (χ1) is 16.2. The summed E-state index contributed by atoms with van der Waals surface area (Å²) in [7, 11) is 0. The van der Waals surface area contributed by atoms with Crippen LogP contribution in [0.3, 0.4) is 0 Å². The van der Waals surface area contributed by atoms with Crippen molar-refractivity contribution in [3.63, 3.8) is 0 Å². The molecule has 1 saturated carbocycles. The normalized spacial score (nSPS) is 16.6. The minimum absolute atomic E-state index is 0.380. The zero-order valence-corrected chi connectivity index (χ0v) is 19.4. The number of H-pyrrole nitrogens is 1. The average molecular weight is 441 g/mol. The Morgan fingerprint density at radius 1 is 1.12 bits per heavy atom. The van der Waals surface area contributed by atoms with Crippen LogP contribution in [-0.4, -0.2) is 20.6 Å². The highest BCUT2D eigenvalue weighted by atomic mass is 16.4. The predicted molar refractivity (Wildman–Crippen MR) is 134 cm³/mol. The zero-order valence-electron chi connectivity index (χ0n) is 19.4. The SMILES string of the molecule is CCCc1ccc2c3c(c[nH]c13)-c1c(C3CCCCC3)c3ccc(C(=O)O)cc3n1CCC2. The van der Waals surface area contributed by atoms with Crippen LogP contribution in [0.2, 0.25) is 0 Å². The van der Waals surface area contributed by atoms with Crippen molar-refractivity contribution in [2.75, 3.05) is 0 Å². The van der Waals surface area contributed by atoms with Crippen LogP contribution in [0.5, 0.6) is 0 Å². The van der Waals surface area contributed by atoms with Crippen LogP contribution >= 0.6 is 0 Å². The largest absolute Gasteiger partial charge is 0.478 e. The van der Waals surface area contributed by atoms with Crippen LogP contribution in [0.4, 0.5) is 0 Å². The minimum Gasteiger partial charge on any atom is -0.478 e. The van der Waals surface area contributed by atoms with E-state index in [1.54, 1.807) is 6.07 Å². The maximum atomic E-state index is 11.8. The van der Waals surface area contributed by atoms with Crippen LogP contribution in [0.25, 0.3) is 33.1 Å². The van der Waals surface area contributed by atoms with E-state index in [9.17, 15) is 9.90 Å². The second-order valence-electron chi connectivity index (χ2n) is 9.98. The molecular weight excluding hydrogens is 408 g/mol. The van der Waals surface area contributed by atoms with Gasteiger partial charge in [0.1, 0.15) is 0 Å². The number of aromatic amines is 1. The molecule has 2 aromatic carbocycles. The van der Waals surface area contributed by atoms with Crippen molar-refractivity contribution in [2.45, 2.75) is 77.2 Å². The topological polar surface area (TPSA) is 58.0 Å². The number of nitrogens with zero attached hydrogens (tertiary/aromatic N) is 1. The van der Waals surface area contributed by atoms with Crippen LogP contribution in [0.15, 0.2) is 36.5 Å². The first-order valence-electron chi connectivity index (χ1n) is 12.7. The minimum atomic E-state index is -0.851. The van der Waals surface area contributed by atoms with E-state index in [1.807, 2.05) is 6.07 Å². The molecule has 1 aliphatic carbocycles. The Morgan fingerprint density at radius 2 is 1.97 bits per heavy atom. The molecule has 4 aromatic rings. The Hall–Kier alpha value is -3.01. The fraction of sp³-hybridized carbons (Fsp3) is 0.414. The number of fused-ring (bicyclic) bond motifs is 4. The second-order valence-corrected chi connectivity index (χ2v) is 9.98. The molecule has 0 bridgehead atoms. The second kappa shape index (κ2) is 8.09. The summed E-state index contributed by atoms with van der Waals surface area (Å²) in [4.78, 5) is 15.5. The molecule has 3 heterocycles. The maximum Gasteiger partial charge on any atom is 0.335 e. The molecule has 4 heteroatoms. The fourth-order valence-corrected chi connectivity index (χ4v) is 6.51. The van der Waals surface area contributed by atoms with Gasteiger partial charge in [-0.3, -0.25) is 0 Å². The number of carboxylic acid groups (broad SMARTS) is 1. The fourth-order valence-electron chi connectivity index (χ4n) is 6.51. The number of aromatic carboxylic acids is 1. The van der Waals surface area contributed by atoms with Crippen LogP contribution < -0.4 is 0 Å². The average Bonchev–Trinajstić information content (AvgIpc) is 3.39. The highest BCUT2D eigenvalue weighted by Crippen LogP contribution is 2.47. The molecule has 33 heavy (non-hydrogen) atoms. The number of carbonyl (C=O) groups is 1. The Balaban J connectivity index is 1.70. The third-order valence-electron chi connectivity index (χ3n) is 7.97. The van der Waals surface area contributed by atoms with Crippen molar-refractivity contribution in [2.24, 2.45) is 0 Å². The number of hydrogen-bond acceptors (Lipinski definition) is 1. The van der Waals surface area contributed by atoms with E-state index in [4.69, 9.17) is 0 Å². The summed E-state index contributed by atoms with van der Waals surface area (Å²) in [5.41, 5.74) is 9.71. The van der Waals surface area contributed by atoms with Gasteiger partial charge in [0.2, 0.25) is 0 Å². The molecule has 0 atom stereocenters. The summed E-state index contributed by atoms with van der Waals surface area (Å²) in [6, 6.07) is 10.5. The first kappa shape index (κ1) is 20.6. The molecule has 0 spiro atoms. The van der Waals surface area contributed by atoms with Crippen molar-refractivity contribution in [1.82, 2.24) is 9.55 Å². The van der Waals surface area contributed by atoms with Gasteiger partial charge in [0.15, 0.2) is 0 Å². The summed E-state index contributed by atoms with van der Waals surface area (Å²) >= 11 is 0. The van der Waals surface area contributed by atoms with E-state index in [-0.39, 0.29) is 0 Å². The standard InChI is InChI=1S/C29H32N2O2/c1-2-7-20-12-11-19-10-6-15-31-24-16-21(29(32)33)13-14-22(24)26(18-8-4-3-5-9-18)28(31)23-17-30-27(20)25(19)23/h11-14,16-18,30H,2-10,15H2,1H3,(H,32,33). The third kappa shape index (κ3) is 3.22. The Morgan fingerprint density at radius 3 is 2.76 bits per heavy atom. The molecule has 2 N–H and O–H groups in total. The Kier molecular flexibility index (Phi) is 5.05. The van der Waals surface area contributed by atoms with Crippen molar-refractivity contribution in [3.05, 3.63) is 58.8 Å². The Bertz CT molecular complexity index is 1370. The molecule has 0 radical (unpaired) electrons. The molecular formula is C29H32N2O2. The van der Waals surface area contributed by atoms with Crippen LogP contribution in [0.1, 0.15) is 84.8 Å². The predicted octanol–water partition coefficient (Wildman–Crippen LogP) is 7.43. The molecule has 4 nitrogen and oxygen atoms in total. The number of rotatable bonds is 4. The lowest BCUT2D eigenvalue weighted by Crippen LogP contribution is -2.09. The van der Waals surface area contributed by atoms with Gasteiger partial charge in [0.05, 0.1) is 11.3 Å². The number of benzene rings is 2. The van der Waals surface area contributed by atoms with Crippen molar-refractivity contribution in [3.8, 4) is 11.3 Å². The number of hydrogen-bond donors (Lipinski definition) is 2. The highest BCUT2D eigenvalue weighted by molar-refractivity contribution is 6.05. The van der Waals surface area contributed by atoms with Crippen molar-refractivity contribution < 1.29 is 9.90 Å². The number of carboxylic acids is 1. The van der Waals surface area contributed by atoms with Crippen LogP contribution in [0, 0.1) is 0 Å². The molecule has 6 rings (SSSR count). The van der Waals surface area contributed by atoms with Gasteiger partial charge in [0, 0.05) is 40.1 Å². The van der Waals surface area contributed by atoms with Crippen molar-refractivity contribution in [1.29, 1.82) is 0 Å². The lowest BCUT2D eigenvalue weighted by molar-refractivity contribution is 0.0697. The molecule has 1 fully saturated rings. The van der Waals surface area contributed by atoms with Gasteiger partial charge in [-0.2, -0.15) is 0 Å². The first-order valence-corrected chi connectivity index (χ1v) is 12.7. The van der Waals surface area contributed by atoms with E-state index in [0.717, 1.165) is 37.7 Å². The maximum absolute atomic E-state index is 11.8. The summed E-state index contributed by atoms with van der Waals surface area (Å²) in [5, 5.41) is 12.3. The Labute approximate surface area is 194 Å². The van der Waals surface area contributed by atoms with Gasteiger partial charge in [-0.15, -0.1) is 0 Å². The molecule has 2 aliphatic rings. The van der Waals surface area contributed by atoms with Gasteiger partial charge < -0.3 is 14.7 Å². The lowest BCUT2D eigenvalue weighted by atomic mass is 9.81. The number of aromatic nitrogens is 2. The van der Waals surface area contributed by atoms with Crippen LogP contribution in [-0.2, 0) is 19.4 Å². The van der Waals surface area contributed by atoms with E-state index in [1.165, 1.54) is 76.3 Å². The third-order valence-corrected chi connectivity index (χ3v) is 7.97. The zero-order chi connectivity index (χ0) is 22.5. The van der Waals surface area contributed by atoms with Gasteiger partial charge >= 0.3 is 5.97 Å². The van der Waals surface area contributed by atoms with Crippen molar-refractivity contribution >= 4 is 27.8 Å². The molecule has 2 aromatic heterocycles. The smallest absolute Gasteiger partial charge is 0.335 e. The molecule has 170 valence electrons. The lowest BCUT2D eigenvalue weighted by Gasteiger charge is -2.24. The summed E-state index contributed by atoms with van der Waals surface area (Å²) < 4.78 is 2.45. The molecule has 0 saturated heterocycles. The summed E-state index contributed by atoms with van der Waals surface area (Å²) in [5.74, 6) is -0.309. The van der Waals surface area contributed by atoms with Gasteiger partial charge in [-0.1, -0.05) is 50.8 Å². The van der Waals surface area contributed by atoms with Gasteiger partial charge in [-0.05, 0) is 66.8 Å². The monoisotopic (exact) mass is 440 g/mol. The quantitative estimate of drug-likeness (QED) is 0.346. The number of nitrogens with one attached hydrogen (secondary N) is 1. The van der Waals surface area contributed by atoms with Gasteiger partial charge in [-0.25, -0.2) is 4.79 Å². The summed E-state index contributed by atoms with van der Waals surface area (Å²) in [6.07, 6.45) is 12.9. The molecule has 0 unspecified atom stereocenters. The van der Waals surface area contributed by atoms with E-state index < -0.39 is 5.97 Å². The number of aryl methyl sites for hydroxylation is 3. The van der Waals surface area contributed by atoms with E-state index in [2.05, 4.69) is 40.9 Å².